The highest BCUT2D eigenvalue weighted by Crippen LogP contribution is 2.40. The van der Waals surface area contributed by atoms with Gasteiger partial charge < -0.3 is 14.9 Å². The van der Waals surface area contributed by atoms with Gasteiger partial charge in [0.1, 0.15) is 0 Å². The summed E-state index contributed by atoms with van der Waals surface area (Å²) in [6, 6.07) is 6.87. The van der Waals surface area contributed by atoms with E-state index in [0.29, 0.717) is 17.1 Å². The minimum atomic E-state index is -0.618. The van der Waals surface area contributed by atoms with Gasteiger partial charge in [0.15, 0.2) is 5.76 Å². The van der Waals surface area contributed by atoms with Crippen LogP contribution in [0.3, 0.4) is 0 Å². The third kappa shape index (κ3) is 4.44. The number of hydrogen-bond acceptors (Lipinski definition) is 6. The number of nitrogens with zero attached hydrogens (tertiary/aromatic N) is 3. The largest absolute Gasteiger partial charge is 0.503 e. The monoisotopic (exact) mass is 477 g/mol. The Bertz CT molecular complexity index is 966. The molecule has 0 saturated heterocycles. The number of ketones is 1. The van der Waals surface area contributed by atoms with Crippen LogP contribution in [0.1, 0.15) is 38.4 Å². The highest BCUT2D eigenvalue weighted by Gasteiger charge is 2.44. The van der Waals surface area contributed by atoms with E-state index in [1.807, 2.05) is 50.2 Å². The van der Waals surface area contributed by atoms with Crippen LogP contribution in [0.2, 0.25) is 0 Å². The van der Waals surface area contributed by atoms with Crippen LogP contribution in [0.15, 0.2) is 40.1 Å². The number of hydrogen-bond donors (Lipinski definition) is 1. The fourth-order valence-electron chi connectivity index (χ4n) is 3.53. The lowest BCUT2D eigenvalue weighted by molar-refractivity contribution is -0.129. The second-order valence-electron chi connectivity index (χ2n) is 7.35. The lowest BCUT2D eigenvalue weighted by atomic mass is 9.95. The number of amides is 1. The third-order valence-electron chi connectivity index (χ3n) is 4.85. The molecule has 6 nitrogen and oxygen atoms in total. The Morgan fingerprint density at radius 3 is 2.48 bits per heavy atom. The van der Waals surface area contributed by atoms with Crippen LogP contribution in [-0.2, 0) is 4.79 Å². The smallest absolute Gasteiger partial charge is 0.290 e. The summed E-state index contributed by atoms with van der Waals surface area (Å²) in [4.78, 5) is 34.7. The Balaban J connectivity index is 2.03. The van der Waals surface area contributed by atoms with Crippen molar-refractivity contribution in [1.82, 2.24) is 14.8 Å². The molecule has 8 heteroatoms. The zero-order valence-electron chi connectivity index (χ0n) is 16.9. The summed E-state index contributed by atoms with van der Waals surface area (Å²) in [5, 5.41) is 11.5. The molecule has 0 fully saturated rings. The van der Waals surface area contributed by atoms with Crippen LogP contribution in [0.4, 0.5) is 0 Å². The Morgan fingerprint density at radius 1 is 1.28 bits per heavy atom. The number of aryl methyl sites for hydroxylation is 2. The molecular weight excluding hydrogens is 454 g/mol. The second kappa shape index (κ2) is 8.77. The van der Waals surface area contributed by atoms with Crippen molar-refractivity contribution in [2.24, 2.45) is 0 Å². The predicted octanol–water partition coefficient (Wildman–Crippen LogP) is 4.05. The van der Waals surface area contributed by atoms with Crippen molar-refractivity contribution in [2.75, 3.05) is 27.2 Å². The molecule has 1 aliphatic rings. The van der Waals surface area contributed by atoms with Crippen LogP contribution in [-0.4, -0.2) is 58.8 Å². The molecule has 0 spiro atoms. The molecule has 3 rings (SSSR count). The van der Waals surface area contributed by atoms with E-state index in [4.69, 9.17) is 0 Å². The minimum Gasteiger partial charge on any atom is -0.503 e. The average Bonchev–Trinajstić information content (AvgIpc) is 3.12. The Morgan fingerprint density at radius 2 is 1.93 bits per heavy atom. The highest BCUT2D eigenvalue weighted by molar-refractivity contribution is 9.10. The molecule has 1 aromatic carbocycles. The van der Waals surface area contributed by atoms with E-state index in [9.17, 15) is 14.7 Å². The number of aliphatic hydroxyl groups excluding tert-OH is 1. The van der Waals surface area contributed by atoms with Gasteiger partial charge in [-0.3, -0.25) is 9.59 Å². The van der Waals surface area contributed by atoms with Crippen molar-refractivity contribution in [1.29, 1.82) is 0 Å². The van der Waals surface area contributed by atoms with Gasteiger partial charge >= 0.3 is 0 Å². The summed E-state index contributed by atoms with van der Waals surface area (Å²) in [6.07, 6.45) is 0.735. The number of aromatic nitrogens is 1. The number of carbonyl (C=O) groups is 2. The Labute approximate surface area is 183 Å². The van der Waals surface area contributed by atoms with Gasteiger partial charge in [-0.25, -0.2) is 4.98 Å². The van der Waals surface area contributed by atoms with E-state index in [1.165, 1.54) is 11.3 Å². The van der Waals surface area contributed by atoms with Gasteiger partial charge in [0.2, 0.25) is 5.78 Å². The van der Waals surface area contributed by atoms with Crippen LogP contribution in [0, 0.1) is 13.8 Å². The molecule has 2 aromatic rings. The summed E-state index contributed by atoms with van der Waals surface area (Å²) in [7, 11) is 3.94. The first-order valence-electron chi connectivity index (χ1n) is 9.33. The molecule has 1 N–H and O–H groups in total. The van der Waals surface area contributed by atoms with E-state index in [2.05, 4.69) is 20.9 Å². The number of carbonyl (C=O) groups excluding carboxylic acids is 2. The predicted molar refractivity (Wildman–Crippen MR) is 117 cm³/mol. The highest BCUT2D eigenvalue weighted by atomic mass is 79.9. The molecule has 0 bridgehead atoms. The maximum Gasteiger partial charge on any atom is 0.290 e. The summed E-state index contributed by atoms with van der Waals surface area (Å²) in [5.41, 5.74) is 1.54. The lowest BCUT2D eigenvalue weighted by Crippen LogP contribution is -2.33. The maximum atomic E-state index is 13.4. The molecule has 29 heavy (non-hydrogen) atoms. The minimum absolute atomic E-state index is 0.133. The fraction of sp³-hybridized carbons (Fsp3) is 0.381. The van der Waals surface area contributed by atoms with E-state index in [-0.39, 0.29) is 11.4 Å². The summed E-state index contributed by atoms with van der Waals surface area (Å²) in [5.74, 6) is -1.29. The van der Waals surface area contributed by atoms with Crippen molar-refractivity contribution in [3.63, 3.8) is 0 Å². The lowest BCUT2D eigenvalue weighted by Gasteiger charge is -2.27. The second-order valence-corrected chi connectivity index (χ2v) is 9.47. The van der Waals surface area contributed by atoms with Crippen molar-refractivity contribution in [3.05, 3.63) is 61.2 Å². The van der Waals surface area contributed by atoms with Crippen molar-refractivity contribution >= 4 is 39.0 Å². The fourth-order valence-corrected chi connectivity index (χ4v) is 4.67. The number of Topliss-reactive ketones (excluding diaryl/α,β-unsaturated/α-hetero) is 1. The number of aliphatic hydroxyl groups is 1. The first kappa shape index (κ1) is 21.7. The van der Waals surface area contributed by atoms with E-state index in [0.717, 1.165) is 28.0 Å². The van der Waals surface area contributed by atoms with Crippen LogP contribution in [0.25, 0.3) is 0 Å². The molecule has 2 heterocycles. The SMILES string of the molecule is Cc1nc(C)c(C(=O)C2=C(O)C(=O)N(CCCN(C)C)[C@H]2c2ccc(Br)cc2)s1. The zero-order valence-corrected chi connectivity index (χ0v) is 19.3. The Kier molecular flexibility index (Phi) is 6.55. The number of halogens is 1. The first-order valence-corrected chi connectivity index (χ1v) is 10.9. The quantitative estimate of drug-likeness (QED) is 0.608. The third-order valence-corrected chi connectivity index (χ3v) is 6.45. The van der Waals surface area contributed by atoms with Gasteiger partial charge in [0.25, 0.3) is 5.91 Å². The first-order chi connectivity index (χ1) is 13.7. The van der Waals surface area contributed by atoms with Gasteiger partial charge in [-0.2, -0.15) is 0 Å². The summed E-state index contributed by atoms with van der Waals surface area (Å²) < 4.78 is 0.903. The topological polar surface area (TPSA) is 73.7 Å². The molecule has 1 atom stereocenters. The maximum absolute atomic E-state index is 13.4. The molecule has 0 saturated carbocycles. The van der Waals surface area contributed by atoms with Gasteiger partial charge in [-0.15, -0.1) is 11.3 Å². The van der Waals surface area contributed by atoms with Gasteiger partial charge in [-0.1, -0.05) is 28.1 Å². The summed E-state index contributed by atoms with van der Waals surface area (Å²) >= 11 is 4.71. The number of benzene rings is 1. The molecule has 0 unspecified atom stereocenters. The molecular formula is C21H24BrN3O3S. The van der Waals surface area contributed by atoms with E-state index < -0.39 is 17.7 Å². The van der Waals surface area contributed by atoms with Gasteiger partial charge in [0.05, 0.1) is 27.2 Å². The molecule has 1 aromatic heterocycles. The molecule has 0 aliphatic carbocycles. The van der Waals surface area contributed by atoms with Crippen molar-refractivity contribution < 1.29 is 14.7 Å². The van der Waals surface area contributed by atoms with Crippen LogP contribution < -0.4 is 0 Å². The van der Waals surface area contributed by atoms with Gasteiger partial charge in [-0.05, 0) is 58.6 Å². The summed E-state index contributed by atoms with van der Waals surface area (Å²) in [6.45, 7) is 4.85. The average molecular weight is 478 g/mol. The Hall–Kier alpha value is -2.03. The molecule has 154 valence electrons. The molecule has 0 radical (unpaired) electrons. The normalized spacial score (nSPS) is 17.0. The zero-order chi connectivity index (χ0) is 21.3. The number of rotatable bonds is 7. The molecule has 1 amide bonds. The van der Waals surface area contributed by atoms with Crippen molar-refractivity contribution in [3.8, 4) is 0 Å². The van der Waals surface area contributed by atoms with Crippen molar-refractivity contribution in [2.45, 2.75) is 26.3 Å². The van der Waals surface area contributed by atoms with E-state index in [1.54, 1.807) is 11.8 Å². The van der Waals surface area contributed by atoms with Crippen LogP contribution >= 0.6 is 27.3 Å². The van der Waals surface area contributed by atoms with Crippen LogP contribution in [0.5, 0.6) is 0 Å². The van der Waals surface area contributed by atoms with Gasteiger partial charge in [0, 0.05) is 11.0 Å². The van der Waals surface area contributed by atoms with E-state index >= 15 is 0 Å². The molecule has 1 aliphatic heterocycles. The number of thiazole rings is 1. The standard InChI is InChI=1S/C21H24BrN3O3S/c1-12-20(29-13(2)23-12)18(26)16-17(14-6-8-15(22)9-7-14)25(21(28)19(16)27)11-5-10-24(3)4/h6-9,17,27H,5,10-11H2,1-4H3/t17-/m0/s1.